The Morgan fingerprint density at radius 3 is 2.91 bits per heavy atom. The predicted octanol–water partition coefficient (Wildman–Crippen LogP) is 3.89. The maximum absolute atomic E-state index is 5.69. The fourth-order valence-electron chi connectivity index (χ4n) is 1.45. The van der Waals surface area contributed by atoms with Crippen molar-refractivity contribution in [1.29, 1.82) is 0 Å². The van der Waals surface area contributed by atoms with Crippen LogP contribution in [-0.2, 0) is 0 Å². The summed E-state index contributed by atoms with van der Waals surface area (Å²) >= 11 is 10.1. The van der Waals surface area contributed by atoms with E-state index in [1.807, 2.05) is 44.6 Å². The second-order valence-corrected chi connectivity index (χ2v) is 6.73. The molecular formula is C14H15BrN4OS2. The van der Waals surface area contributed by atoms with Crippen LogP contribution in [0, 0.1) is 6.92 Å². The minimum absolute atomic E-state index is 0.385. The summed E-state index contributed by atoms with van der Waals surface area (Å²) in [7, 11) is 3.67. The quantitative estimate of drug-likeness (QED) is 0.480. The van der Waals surface area contributed by atoms with Crippen molar-refractivity contribution in [1.82, 2.24) is 9.88 Å². The van der Waals surface area contributed by atoms with E-state index < -0.39 is 0 Å². The molecular weight excluding hydrogens is 384 g/mol. The van der Waals surface area contributed by atoms with Crippen molar-refractivity contribution in [2.45, 2.75) is 6.92 Å². The average molecular weight is 399 g/mol. The molecule has 0 aliphatic rings. The van der Waals surface area contributed by atoms with Gasteiger partial charge in [-0.25, -0.2) is 4.98 Å². The van der Waals surface area contributed by atoms with Crippen molar-refractivity contribution < 1.29 is 4.74 Å². The van der Waals surface area contributed by atoms with Crippen molar-refractivity contribution in [2.24, 2.45) is 5.10 Å². The minimum atomic E-state index is 0.385. The van der Waals surface area contributed by atoms with Crippen LogP contribution < -0.4 is 10.2 Å². The van der Waals surface area contributed by atoms with Crippen LogP contribution in [0.15, 0.2) is 33.2 Å². The summed E-state index contributed by atoms with van der Waals surface area (Å²) < 4.78 is 6.60. The van der Waals surface area contributed by atoms with Crippen LogP contribution in [0.5, 0.6) is 5.75 Å². The van der Waals surface area contributed by atoms with Gasteiger partial charge in [0, 0.05) is 29.5 Å². The van der Waals surface area contributed by atoms with E-state index in [1.165, 1.54) is 11.3 Å². The number of halogens is 1. The smallest absolute Gasteiger partial charge is 0.264 e. The van der Waals surface area contributed by atoms with Crippen molar-refractivity contribution in [3.8, 4) is 5.75 Å². The zero-order valence-electron chi connectivity index (χ0n) is 12.3. The SMILES string of the molecule is Cc1csc(NN=Cc2ccc(Br)cc2OC(=S)N(C)C)n1. The predicted molar refractivity (Wildman–Crippen MR) is 99.1 cm³/mol. The van der Waals surface area contributed by atoms with Crippen LogP contribution >= 0.6 is 39.5 Å². The first-order valence-electron chi connectivity index (χ1n) is 6.35. The van der Waals surface area contributed by atoms with Gasteiger partial charge in [0.15, 0.2) is 0 Å². The number of aryl methyl sites for hydroxylation is 1. The number of hydrazone groups is 1. The van der Waals surface area contributed by atoms with E-state index in [9.17, 15) is 0 Å². The molecule has 0 fully saturated rings. The maximum Gasteiger partial charge on any atom is 0.264 e. The number of nitrogens with zero attached hydrogens (tertiary/aromatic N) is 3. The Morgan fingerprint density at radius 1 is 1.50 bits per heavy atom. The molecule has 5 nitrogen and oxygen atoms in total. The van der Waals surface area contributed by atoms with E-state index in [2.05, 4.69) is 31.4 Å². The number of rotatable bonds is 4. The summed E-state index contributed by atoms with van der Waals surface area (Å²) in [5.41, 5.74) is 4.68. The summed E-state index contributed by atoms with van der Waals surface area (Å²) in [6, 6.07) is 5.67. The van der Waals surface area contributed by atoms with Crippen molar-refractivity contribution >= 4 is 56.0 Å². The van der Waals surface area contributed by atoms with E-state index >= 15 is 0 Å². The van der Waals surface area contributed by atoms with Crippen LogP contribution in [0.1, 0.15) is 11.3 Å². The van der Waals surface area contributed by atoms with Gasteiger partial charge in [-0.05, 0) is 37.3 Å². The van der Waals surface area contributed by atoms with Crippen molar-refractivity contribution in [2.75, 3.05) is 19.5 Å². The van der Waals surface area contributed by atoms with Gasteiger partial charge in [0.05, 0.1) is 11.9 Å². The Kier molecular flexibility index (Phi) is 5.87. The van der Waals surface area contributed by atoms with Gasteiger partial charge in [0.25, 0.3) is 5.17 Å². The van der Waals surface area contributed by atoms with Gasteiger partial charge in [-0.3, -0.25) is 5.43 Å². The van der Waals surface area contributed by atoms with E-state index in [0.29, 0.717) is 10.9 Å². The summed E-state index contributed by atoms with van der Waals surface area (Å²) in [6.07, 6.45) is 1.68. The normalized spacial score (nSPS) is 10.7. The molecule has 0 saturated heterocycles. The molecule has 1 aromatic heterocycles. The van der Waals surface area contributed by atoms with Gasteiger partial charge in [0.1, 0.15) is 5.75 Å². The lowest BCUT2D eigenvalue weighted by atomic mass is 10.2. The maximum atomic E-state index is 5.69. The fraction of sp³-hybridized carbons (Fsp3) is 0.214. The standard InChI is InChI=1S/C14H15BrN4OS2/c1-9-8-22-13(17-9)18-16-7-10-4-5-11(15)6-12(10)20-14(21)19(2)3/h4-8H,1-3H3,(H,17,18). The van der Waals surface area contributed by atoms with Gasteiger partial charge in [-0.2, -0.15) is 5.10 Å². The third-order valence-corrected chi connectivity index (χ3v) is 4.33. The fourth-order valence-corrected chi connectivity index (χ4v) is 2.52. The number of ether oxygens (including phenoxy) is 1. The molecule has 1 N–H and O–H groups in total. The van der Waals surface area contributed by atoms with Crippen molar-refractivity contribution in [3.05, 3.63) is 39.3 Å². The zero-order valence-corrected chi connectivity index (χ0v) is 15.6. The lowest BCUT2D eigenvalue weighted by molar-refractivity contribution is 0.449. The molecule has 0 unspecified atom stereocenters. The molecule has 0 spiro atoms. The van der Waals surface area contributed by atoms with Crippen LogP contribution in [0.25, 0.3) is 0 Å². The molecule has 0 atom stereocenters. The monoisotopic (exact) mass is 398 g/mol. The molecule has 0 saturated carbocycles. The summed E-state index contributed by atoms with van der Waals surface area (Å²) in [6.45, 7) is 1.94. The number of thiazole rings is 1. The second kappa shape index (κ2) is 7.66. The molecule has 0 amide bonds. The number of anilines is 1. The van der Waals surface area contributed by atoms with E-state index in [4.69, 9.17) is 17.0 Å². The Labute approximate surface area is 147 Å². The topological polar surface area (TPSA) is 49.8 Å². The number of thiocarbonyl (C=S) groups is 1. The van der Waals surface area contributed by atoms with Gasteiger partial charge in [-0.15, -0.1) is 11.3 Å². The van der Waals surface area contributed by atoms with Crippen LogP contribution in [0.4, 0.5) is 5.13 Å². The number of nitrogens with one attached hydrogen (secondary N) is 1. The van der Waals surface area contributed by atoms with Crippen molar-refractivity contribution in [3.63, 3.8) is 0 Å². The van der Waals surface area contributed by atoms with Crippen LogP contribution in [0.3, 0.4) is 0 Å². The van der Waals surface area contributed by atoms with Gasteiger partial charge >= 0.3 is 0 Å². The molecule has 2 rings (SSSR count). The Morgan fingerprint density at radius 2 is 2.27 bits per heavy atom. The highest BCUT2D eigenvalue weighted by Crippen LogP contribution is 2.23. The molecule has 0 aliphatic heterocycles. The second-order valence-electron chi connectivity index (χ2n) is 4.61. The van der Waals surface area contributed by atoms with E-state index in [1.54, 1.807) is 11.1 Å². The lowest BCUT2D eigenvalue weighted by Crippen LogP contribution is -2.25. The molecule has 2 aromatic rings. The van der Waals surface area contributed by atoms with Gasteiger partial charge < -0.3 is 9.64 Å². The number of hydrogen-bond donors (Lipinski definition) is 1. The number of aromatic nitrogens is 1. The van der Waals surface area contributed by atoms with E-state index in [-0.39, 0.29) is 0 Å². The highest BCUT2D eigenvalue weighted by Gasteiger charge is 2.08. The third kappa shape index (κ3) is 4.75. The zero-order chi connectivity index (χ0) is 16.1. The van der Waals surface area contributed by atoms with Crippen LogP contribution in [-0.4, -0.2) is 35.4 Å². The number of hydrogen-bond acceptors (Lipinski definition) is 6. The third-order valence-electron chi connectivity index (χ3n) is 2.52. The van der Waals surface area contributed by atoms with E-state index in [0.717, 1.165) is 20.9 Å². The van der Waals surface area contributed by atoms with Gasteiger partial charge in [-0.1, -0.05) is 15.9 Å². The first kappa shape index (κ1) is 16.9. The molecule has 1 heterocycles. The summed E-state index contributed by atoms with van der Waals surface area (Å²) in [5.74, 6) is 0.633. The molecule has 22 heavy (non-hydrogen) atoms. The largest absolute Gasteiger partial charge is 0.431 e. The summed E-state index contributed by atoms with van der Waals surface area (Å²) in [4.78, 5) is 6.01. The Bertz CT molecular complexity index is 700. The molecule has 116 valence electrons. The summed E-state index contributed by atoms with van der Waals surface area (Å²) in [5, 5.41) is 7.28. The van der Waals surface area contributed by atoms with Crippen LogP contribution in [0.2, 0.25) is 0 Å². The Hall–Kier alpha value is -1.51. The minimum Gasteiger partial charge on any atom is -0.431 e. The Balaban J connectivity index is 2.13. The first-order valence-corrected chi connectivity index (χ1v) is 8.43. The number of benzene rings is 1. The molecule has 0 aliphatic carbocycles. The first-order chi connectivity index (χ1) is 10.5. The molecule has 0 radical (unpaired) electrons. The highest BCUT2D eigenvalue weighted by molar-refractivity contribution is 9.10. The highest BCUT2D eigenvalue weighted by atomic mass is 79.9. The lowest BCUT2D eigenvalue weighted by Gasteiger charge is -2.15. The molecule has 0 bridgehead atoms. The molecule has 8 heteroatoms. The molecule has 1 aromatic carbocycles. The average Bonchev–Trinajstić information content (AvgIpc) is 2.86. The van der Waals surface area contributed by atoms with Gasteiger partial charge in [0.2, 0.25) is 5.13 Å².